The highest BCUT2D eigenvalue weighted by Gasteiger charge is 2.35. The van der Waals surface area contributed by atoms with Gasteiger partial charge in [0.2, 0.25) is 0 Å². The average molecular weight is 240 g/mol. The predicted octanol–water partition coefficient (Wildman–Crippen LogP) is 1.75. The first-order valence-corrected chi connectivity index (χ1v) is 7.23. The van der Waals surface area contributed by atoms with E-state index in [1.54, 1.807) is 0 Å². The summed E-state index contributed by atoms with van der Waals surface area (Å²) >= 11 is 0. The molecule has 0 unspecified atom stereocenters. The Morgan fingerprint density at radius 2 is 1.65 bits per heavy atom. The molecule has 0 aromatic heterocycles. The van der Waals surface area contributed by atoms with Gasteiger partial charge in [0.05, 0.1) is 5.60 Å². The molecule has 0 aromatic rings. The number of hydrogen-bond donors (Lipinski definition) is 2. The van der Waals surface area contributed by atoms with Crippen molar-refractivity contribution >= 4 is 0 Å². The van der Waals surface area contributed by atoms with Gasteiger partial charge >= 0.3 is 0 Å². The van der Waals surface area contributed by atoms with Crippen LogP contribution in [0.5, 0.6) is 0 Å². The van der Waals surface area contributed by atoms with Crippen LogP contribution in [0, 0.1) is 0 Å². The molecule has 0 atom stereocenters. The van der Waals surface area contributed by atoms with Gasteiger partial charge in [0, 0.05) is 18.6 Å². The predicted molar refractivity (Wildman–Crippen MR) is 71.2 cm³/mol. The second kappa shape index (κ2) is 5.68. The van der Waals surface area contributed by atoms with Gasteiger partial charge in [-0.3, -0.25) is 0 Å². The third-order valence-corrected chi connectivity index (χ3v) is 4.87. The number of rotatable bonds is 4. The van der Waals surface area contributed by atoms with Crippen LogP contribution in [0.25, 0.3) is 0 Å². The van der Waals surface area contributed by atoms with Gasteiger partial charge in [-0.2, -0.15) is 0 Å². The van der Waals surface area contributed by atoms with E-state index in [2.05, 4.69) is 17.3 Å². The number of likely N-dealkylation sites (N-methyl/N-ethyl adjacent to an activating group) is 1. The molecule has 2 rings (SSSR count). The molecule has 0 bridgehead atoms. The number of hydrogen-bond acceptors (Lipinski definition) is 3. The third kappa shape index (κ3) is 3.21. The summed E-state index contributed by atoms with van der Waals surface area (Å²) in [7, 11) is 4.22. The van der Waals surface area contributed by atoms with Crippen molar-refractivity contribution in [3.8, 4) is 0 Å². The molecule has 100 valence electrons. The van der Waals surface area contributed by atoms with E-state index in [9.17, 15) is 5.11 Å². The van der Waals surface area contributed by atoms with Crippen LogP contribution < -0.4 is 5.32 Å². The van der Waals surface area contributed by atoms with Crippen LogP contribution in [0.15, 0.2) is 0 Å². The fraction of sp³-hybridized carbons (Fsp3) is 1.00. The summed E-state index contributed by atoms with van der Waals surface area (Å²) in [6, 6.07) is 1.52. The Bertz CT molecular complexity index is 230. The first-order chi connectivity index (χ1) is 8.14. The van der Waals surface area contributed by atoms with Crippen molar-refractivity contribution in [3.05, 3.63) is 0 Å². The monoisotopic (exact) mass is 240 g/mol. The molecule has 0 saturated heterocycles. The molecule has 0 aliphatic heterocycles. The lowest BCUT2D eigenvalue weighted by molar-refractivity contribution is -0.0197. The molecule has 2 aliphatic carbocycles. The summed E-state index contributed by atoms with van der Waals surface area (Å²) in [5.41, 5.74) is -0.443. The molecule has 2 aliphatic rings. The standard InChI is InChI=1S/C14H28N2O/c1-15-11-14(17)9-7-13(8-10-14)16(2)12-5-3-4-6-12/h12-13,15,17H,3-11H2,1-2H3. The molecular formula is C14H28N2O. The topological polar surface area (TPSA) is 35.5 Å². The molecule has 2 N–H and O–H groups in total. The smallest absolute Gasteiger partial charge is 0.0772 e. The van der Waals surface area contributed by atoms with Gasteiger partial charge in [-0.15, -0.1) is 0 Å². The van der Waals surface area contributed by atoms with E-state index in [1.807, 2.05) is 7.05 Å². The summed E-state index contributed by atoms with van der Waals surface area (Å²) in [5, 5.41) is 13.5. The van der Waals surface area contributed by atoms with Crippen LogP contribution in [0.1, 0.15) is 51.4 Å². The summed E-state index contributed by atoms with van der Waals surface area (Å²) in [5.74, 6) is 0. The molecule has 0 spiro atoms. The van der Waals surface area contributed by atoms with Crippen LogP contribution in [0.4, 0.5) is 0 Å². The van der Waals surface area contributed by atoms with Crippen LogP contribution in [-0.4, -0.2) is 48.3 Å². The van der Waals surface area contributed by atoms with E-state index in [0.29, 0.717) is 6.04 Å². The molecule has 17 heavy (non-hydrogen) atoms. The quantitative estimate of drug-likeness (QED) is 0.786. The second-order valence-corrected chi connectivity index (χ2v) is 6.09. The van der Waals surface area contributed by atoms with E-state index in [4.69, 9.17) is 0 Å². The van der Waals surface area contributed by atoms with Crippen molar-refractivity contribution < 1.29 is 5.11 Å². The zero-order valence-electron chi connectivity index (χ0n) is 11.4. The van der Waals surface area contributed by atoms with E-state index >= 15 is 0 Å². The number of nitrogens with zero attached hydrogens (tertiary/aromatic N) is 1. The highest BCUT2D eigenvalue weighted by atomic mass is 16.3. The summed E-state index contributed by atoms with van der Waals surface area (Å²) in [6.07, 6.45) is 9.81. The minimum Gasteiger partial charge on any atom is -0.389 e. The fourth-order valence-corrected chi connectivity index (χ4v) is 3.66. The maximum atomic E-state index is 10.4. The van der Waals surface area contributed by atoms with Crippen molar-refractivity contribution in [2.45, 2.75) is 69.1 Å². The normalized spacial score (nSPS) is 35.6. The van der Waals surface area contributed by atoms with Crippen molar-refractivity contribution in [1.29, 1.82) is 0 Å². The zero-order chi connectivity index (χ0) is 12.3. The van der Waals surface area contributed by atoms with Gasteiger partial charge in [0.25, 0.3) is 0 Å². The highest BCUT2D eigenvalue weighted by Crippen LogP contribution is 2.33. The van der Waals surface area contributed by atoms with Crippen molar-refractivity contribution in [2.75, 3.05) is 20.6 Å². The van der Waals surface area contributed by atoms with Gasteiger partial charge in [-0.05, 0) is 52.6 Å². The van der Waals surface area contributed by atoms with Crippen LogP contribution in [-0.2, 0) is 0 Å². The largest absolute Gasteiger partial charge is 0.389 e. The molecule has 3 heteroatoms. The summed E-state index contributed by atoms with van der Waals surface area (Å²) in [6.45, 7) is 0.743. The van der Waals surface area contributed by atoms with Gasteiger partial charge in [-0.1, -0.05) is 12.8 Å². The summed E-state index contributed by atoms with van der Waals surface area (Å²) < 4.78 is 0. The maximum Gasteiger partial charge on any atom is 0.0772 e. The van der Waals surface area contributed by atoms with Gasteiger partial charge in [0.1, 0.15) is 0 Å². The van der Waals surface area contributed by atoms with Crippen LogP contribution >= 0.6 is 0 Å². The lowest BCUT2D eigenvalue weighted by Gasteiger charge is -2.41. The van der Waals surface area contributed by atoms with Crippen molar-refractivity contribution in [2.24, 2.45) is 0 Å². The van der Waals surface area contributed by atoms with Crippen LogP contribution in [0.2, 0.25) is 0 Å². The van der Waals surface area contributed by atoms with Gasteiger partial charge < -0.3 is 15.3 Å². The fourth-order valence-electron chi connectivity index (χ4n) is 3.66. The molecule has 0 radical (unpaired) electrons. The molecular weight excluding hydrogens is 212 g/mol. The number of aliphatic hydroxyl groups is 1. The Morgan fingerprint density at radius 1 is 1.12 bits per heavy atom. The Morgan fingerprint density at radius 3 is 2.18 bits per heavy atom. The second-order valence-electron chi connectivity index (χ2n) is 6.09. The minimum absolute atomic E-state index is 0.443. The Kier molecular flexibility index (Phi) is 4.45. The van der Waals surface area contributed by atoms with Crippen molar-refractivity contribution in [3.63, 3.8) is 0 Å². The Balaban J connectivity index is 1.81. The molecule has 2 fully saturated rings. The lowest BCUT2D eigenvalue weighted by Crippen LogP contribution is -2.48. The lowest BCUT2D eigenvalue weighted by atomic mass is 9.81. The zero-order valence-corrected chi connectivity index (χ0v) is 11.4. The first kappa shape index (κ1) is 13.3. The Labute approximate surface area is 106 Å². The molecule has 0 amide bonds. The molecule has 0 heterocycles. The van der Waals surface area contributed by atoms with E-state index in [-0.39, 0.29) is 0 Å². The van der Waals surface area contributed by atoms with E-state index in [1.165, 1.54) is 25.7 Å². The molecule has 2 saturated carbocycles. The highest BCUT2D eigenvalue weighted by molar-refractivity contribution is 4.91. The van der Waals surface area contributed by atoms with Crippen molar-refractivity contribution in [1.82, 2.24) is 10.2 Å². The Hall–Kier alpha value is -0.120. The number of nitrogens with one attached hydrogen (secondary N) is 1. The SMILES string of the molecule is CNCC1(O)CCC(N(C)C2CCCC2)CC1. The first-order valence-electron chi connectivity index (χ1n) is 7.23. The van der Waals surface area contributed by atoms with Gasteiger partial charge in [0.15, 0.2) is 0 Å². The molecule has 3 nitrogen and oxygen atoms in total. The van der Waals surface area contributed by atoms with E-state index in [0.717, 1.165) is 38.3 Å². The minimum atomic E-state index is -0.443. The maximum absolute atomic E-state index is 10.4. The summed E-state index contributed by atoms with van der Waals surface area (Å²) in [4.78, 5) is 2.60. The van der Waals surface area contributed by atoms with Gasteiger partial charge in [-0.25, -0.2) is 0 Å². The molecule has 0 aromatic carbocycles. The third-order valence-electron chi connectivity index (χ3n) is 4.87. The van der Waals surface area contributed by atoms with Crippen LogP contribution in [0.3, 0.4) is 0 Å². The average Bonchev–Trinajstić information content (AvgIpc) is 2.82. The van der Waals surface area contributed by atoms with E-state index < -0.39 is 5.60 Å².